The van der Waals surface area contributed by atoms with Crippen LogP contribution in [0.15, 0.2) is 35.9 Å². The number of carboxylic acid groups (broad SMARTS) is 1. The molecule has 3 saturated heterocycles. The highest BCUT2D eigenvalue weighted by Gasteiger charge is 2.54. The van der Waals surface area contributed by atoms with E-state index < -0.39 is 64.7 Å². The molecule has 3 fully saturated rings. The number of aliphatic carboxylic acids is 1. The number of thiol groups is 1. The maximum atomic E-state index is 12.3. The van der Waals surface area contributed by atoms with Crippen LogP contribution in [0.1, 0.15) is 118 Å². The summed E-state index contributed by atoms with van der Waals surface area (Å²) in [5, 5.41) is 26.1. The molecule has 0 aromatic heterocycles. The second-order valence-corrected chi connectivity index (χ2v) is 22.1. The zero-order valence-electron chi connectivity index (χ0n) is 42.2. The highest BCUT2D eigenvalue weighted by Crippen LogP contribution is 2.44. The number of alkyl carbamates (subject to hydrolysis) is 1. The van der Waals surface area contributed by atoms with Gasteiger partial charge >= 0.3 is 18.0 Å². The maximum absolute atomic E-state index is 12.3. The largest absolute Gasteiger partial charge is 0.495 e. The highest BCUT2D eigenvalue weighted by molar-refractivity contribution is 8.77. The van der Waals surface area contributed by atoms with Gasteiger partial charge in [-0.1, -0.05) is 77.3 Å². The molecular weight excluding hydrogens is 988 g/mol. The van der Waals surface area contributed by atoms with Gasteiger partial charge in [-0.05, 0) is 78.0 Å². The average molecular weight is 1060 g/mol. The molecule has 4 N–H and O–H groups in total. The molecule has 4 rings (SSSR count). The van der Waals surface area contributed by atoms with Gasteiger partial charge in [-0.25, -0.2) is 14.4 Å². The fraction of sp³-hybridized carbons (Fsp3) is 0.646. The van der Waals surface area contributed by atoms with Crippen LogP contribution in [-0.2, 0) is 54.2 Å². The number of aliphatic hydroxyl groups is 1. The van der Waals surface area contributed by atoms with E-state index >= 15 is 0 Å². The number of hydrogen-bond donors (Lipinski definition) is 5. The lowest BCUT2D eigenvalue weighted by Crippen LogP contribution is -2.62. The Bertz CT molecular complexity index is 2000. The Hall–Kier alpha value is -3.99. The van der Waals surface area contributed by atoms with Crippen molar-refractivity contribution in [1.29, 1.82) is 0 Å². The first-order chi connectivity index (χ1) is 32.8. The molecule has 7 atom stereocenters. The monoisotopic (exact) mass is 1060 g/mol. The lowest BCUT2D eigenvalue weighted by molar-refractivity contribution is -0.197. The van der Waals surface area contributed by atoms with E-state index in [1.54, 1.807) is 47.9 Å². The smallest absolute Gasteiger partial charge is 0.409 e. The van der Waals surface area contributed by atoms with Crippen molar-refractivity contribution in [3.8, 4) is 5.75 Å². The van der Waals surface area contributed by atoms with E-state index in [1.807, 2.05) is 45.9 Å². The summed E-state index contributed by atoms with van der Waals surface area (Å²) in [6.07, 6.45) is 8.89. The fourth-order valence-corrected chi connectivity index (χ4v) is 10.3. The van der Waals surface area contributed by atoms with Crippen LogP contribution in [0.2, 0.25) is 5.02 Å². The Morgan fingerprint density at radius 3 is 2.43 bits per heavy atom. The number of aldehydes is 1. The van der Waals surface area contributed by atoms with E-state index in [0.717, 1.165) is 23.1 Å². The highest BCUT2D eigenvalue weighted by atomic mass is 35.5. The van der Waals surface area contributed by atoms with Gasteiger partial charge in [0.15, 0.2) is 5.72 Å². The first-order valence-electron chi connectivity index (χ1n) is 23.1. The summed E-state index contributed by atoms with van der Waals surface area (Å²) in [6, 6.07) is 3.00. The number of anilines is 1. The average Bonchev–Trinajstić information content (AvgIpc) is 3.87. The van der Waals surface area contributed by atoms with Crippen molar-refractivity contribution in [2.24, 2.45) is 0 Å². The molecule has 4 unspecified atom stereocenters. The number of benzene rings is 1. The Morgan fingerprint density at radius 2 is 1.86 bits per heavy atom. The standard InChI is InChI=1S/C27H37ClN2O7.C18H28N2O7S3.C3H8/c1-17(12-18-13-20(29-3)24(28)21(14-18)34-4)8-6-9-22(35-5)27(33)16-19(36-25(32)30-27)15-23-26(2,37-23)10-7-11-31;1-11(17(25)26)19(4)13(21)7-8-18(2,3)30-29-9-5-6-15(23)27-20-14(22)10-12(28)16(20)24;1-3-2/h6,8-9,11,13-14,19,22-23,29,33H,7,10,12,15-16H2,1-5H3,(H,30,32);11-12,28H,5-10H2,1-4H3,(H,25,26);3H2,1-2H3/b9-6+,17-8+;;/t19?,22-,23?,26?,27+;11-,12?;/m10./s1. The van der Waals surface area contributed by atoms with Crippen LogP contribution in [0.5, 0.6) is 5.75 Å². The van der Waals surface area contributed by atoms with E-state index in [0.29, 0.717) is 60.1 Å². The zero-order chi connectivity index (χ0) is 53.0. The van der Waals surface area contributed by atoms with Gasteiger partial charge in [0.05, 0.1) is 36.2 Å². The lowest BCUT2D eigenvalue weighted by Gasteiger charge is -2.40. The van der Waals surface area contributed by atoms with Gasteiger partial charge in [0, 0.05) is 63.8 Å². The van der Waals surface area contributed by atoms with Crippen LogP contribution < -0.4 is 15.4 Å². The molecule has 0 bridgehead atoms. The lowest BCUT2D eigenvalue weighted by atomic mass is 9.91. The van der Waals surface area contributed by atoms with Crippen LogP contribution in [0.3, 0.4) is 0 Å². The number of hydrogen-bond acceptors (Lipinski definition) is 17. The number of nitrogens with one attached hydrogen (secondary N) is 2. The summed E-state index contributed by atoms with van der Waals surface area (Å²) in [5.41, 5.74) is 0.815. The van der Waals surface area contributed by atoms with E-state index in [1.165, 1.54) is 32.4 Å². The number of ether oxygens (including phenoxy) is 4. The minimum absolute atomic E-state index is 0.0681. The molecule has 0 saturated carbocycles. The second kappa shape index (κ2) is 29.5. The summed E-state index contributed by atoms with van der Waals surface area (Å²) in [7, 11) is 9.46. The van der Waals surface area contributed by atoms with Crippen molar-refractivity contribution >= 4 is 93.5 Å². The number of likely N-dealkylation sites (N-methyl/N-ethyl adjacent to an activating group) is 1. The van der Waals surface area contributed by atoms with Crippen molar-refractivity contribution in [2.45, 2.75) is 165 Å². The molecule has 3 aliphatic heterocycles. The number of hydroxylamine groups is 2. The minimum atomic E-state index is -1.65. The molecule has 394 valence electrons. The Kier molecular flexibility index (Phi) is 26.2. The molecule has 18 nitrogen and oxygen atoms in total. The number of epoxide rings is 1. The topological polar surface area (TPSA) is 240 Å². The number of halogens is 1. The third-order valence-corrected chi connectivity index (χ3v) is 15.5. The Balaban J connectivity index is 0.000000464. The van der Waals surface area contributed by atoms with Gasteiger partial charge in [0.2, 0.25) is 5.91 Å². The number of allylic oxidation sites excluding steroid dienone is 3. The second-order valence-electron chi connectivity index (χ2n) is 18.0. The van der Waals surface area contributed by atoms with Crippen molar-refractivity contribution in [2.75, 3.05) is 39.4 Å². The van der Waals surface area contributed by atoms with E-state index in [9.17, 15) is 38.7 Å². The quantitative estimate of drug-likeness (QED) is 0.0120. The van der Waals surface area contributed by atoms with Gasteiger partial charge in [-0.15, -0.1) is 5.06 Å². The van der Waals surface area contributed by atoms with Crippen LogP contribution in [0.25, 0.3) is 0 Å². The number of cyclic esters (lactones) is 1. The number of carbonyl (C=O) groups is 7. The SMILES string of the molecule is CCC.CNc1cc(C/C(C)=C/C=C/[C@@H](OC)[C@@]2(O)CC(CC3OC3(C)CCC=O)OC(=O)N2)cc(OC)c1Cl.C[C@@H](C(=O)O)N(C)C(=O)CCC(C)(C)SSCCCC(=O)ON1C(=O)CC(S)C1=O. The molecule has 0 aliphatic carbocycles. The predicted octanol–water partition coefficient (Wildman–Crippen LogP) is 7.73. The molecule has 1 aromatic carbocycles. The molecule has 0 spiro atoms. The van der Waals surface area contributed by atoms with Crippen molar-refractivity contribution in [1.82, 2.24) is 15.3 Å². The summed E-state index contributed by atoms with van der Waals surface area (Å²) in [4.78, 5) is 87.1. The normalized spacial score (nSPS) is 22.9. The van der Waals surface area contributed by atoms with Gasteiger partial charge in [-0.3, -0.25) is 19.7 Å². The van der Waals surface area contributed by atoms with E-state index in [2.05, 4.69) is 37.1 Å². The molecule has 4 amide bonds. The summed E-state index contributed by atoms with van der Waals surface area (Å²) < 4.78 is 21.8. The number of methoxy groups -OCH3 is 2. The summed E-state index contributed by atoms with van der Waals surface area (Å²) in [5.74, 6) is -1.87. The van der Waals surface area contributed by atoms with Gasteiger partial charge in [-0.2, -0.15) is 12.6 Å². The molecule has 3 aliphatic rings. The number of carboxylic acids is 1. The molecule has 1 aromatic rings. The van der Waals surface area contributed by atoms with Crippen LogP contribution >= 0.6 is 45.8 Å². The third-order valence-electron chi connectivity index (χ3n) is 11.3. The number of nitrogens with zero attached hydrogens (tertiary/aromatic N) is 2. The van der Waals surface area contributed by atoms with Crippen LogP contribution in [-0.4, -0.2) is 142 Å². The van der Waals surface area contributed by atoms with E-state index in [4.69, 9.17) is 40.5 Å². The van der Waals surface area contributed by atoms with Gasteiger partial charge in [0.1, 0.15) is 35.3 Å². The van der Waals surface area contributed by atoms with Crippen molar-refractivity contribution in [3.05, 3.63) is 46.5 Å². The zero-order valence-corrected chi connectivity index (χ0v) is 45.4. The molecular formula is C48H73ClN4O14S3. The summed E-state index contributed by atoms with van der Waals surface area (Å²) in [6.45, 7) is 13.6. The molecule has 3 heterocycles. The first-order valence-corrected chi connectivity index (χ1v) is 26.3. The maximum Gasteiger partial charge on any atom is 0.409 e. The van der Waals surface area contributed by atoms with E-state index in [-0.39, 0.29) is 42.4 Å². The molecule has 70 heavy (non-hydrogen) atoms. The summed E-state index contributed by atoms with van der Waals surface area (Å²) >= 11 is 10.3. The van der Waals surface area contributed by atoms with Gasteiger partial charge in [0.25, 0.3) is 11.8 Å². The number of rotatable bonds is 25. The first kappa shape index (κ1) is 62.1. The van der Waals surface area contributed by atoms with Crippen LogP contribution in [0.4, 0.5) is 10.5 Å². The number of carbonyl (C=O) groups excluding carboxylic acids is 6. The number of imide groups is 1. The van der Waals surface area contributed by atoms with Crippen molar-refractivity contribution in [3.63, 3.8) is 0 Å². The fourth-order valence-electron chi connectivity index (χ4n) is 7.05. The Morgan fingerprint density at radius 1 is 1.19 bits per heavy atom. The van der Waals surface area contributed by atoms with Crippen molar-refractivity contribution < 1.29 is 67.6 Å². The third kappa shape index (κ3) is 19.9. The number of amides is 4. The Labute approximate surface area is 430 Å². The molecule has 0 radical (unpaired) electrons. The van der Waals surface area contributed by atoms with Gasteiger partial charge < -0.3 is 49.0 Å². The minimum Gasteiger partial charge on any atom is -0.495 e. The van der Waals surface area contributed by atoms with Crippen LogP contribution in [0, 0.1) is 0 Å². The predicted molar refractivity (Wildman–Crippen MR) is 275 cm³/mol. The molecule has 22 heteroatoms.